The van der Waals surface area contributed by atoms with Crippen molar-refractivity contribution in [3.05, 3.63) is 48.0 Å². The maximum atomic E-state index is 11.7. The molecule has 120 valence electrons. The second-order valence-electron chi connectivity index (χ2n) is 4.72. The SMILES string of the molecule is O=C(O)C=CC(=O)N1CC(NC(=O)OCc2ccccc2)C1=O. The number of amides is 3. The highest BCUT2D eigenvalue weighted by Gasteiger charge is 2.41. The molecule has 0 saturated carbocycles. The number of hydrogen-bond acceptors (Lipinski definition) is 5. The van der Waals surface area contributed by atoms with E-state index in [1.807, 2.05) is 6.07 Å². The molecule has 1 unspecified atom stereocenters. The minimum atomic E-state index is -1.29. The van der Waals surface area contributed by atoms with E-state index in [0.29, 0.717) is 6.08 Å². The zero-order valence-electron chi connectivity index (χ0n) is 12.0. The summed E-state index contributed by atoms with van der Waals surface area (Å²) < 4.78 is 4.96. The van der Waals surface area contributed by atoms with Crippen LogP contribution in [0.2, 0.25) is 0 Å². The number of nitrogens with one attached hydrogen (secondary N) is 1. The predicted molar refractivity (Wildman–Crippen MR) is 77.0 cm³/mol. The largest absolute Gasteiger partial charge is 0.478 e. The number of rotatable bonds is 5. The van der Waals surface area contributed by atoms with E-state index in [2.05, 4.69) is 5.32 Å². The van der Waals surface area contributed by atoms with Gasteiger partial charge in [-0.3, -0.25) is 14.5 Å². The molecule has 1 fully saturated rings. The molecular formula is C15H14N2O6. The second kappa shape index (κ2) is 7.21. The van der Waals surface area contributed by atoms with Crippen molar-refractivity contribution in [2.75, 3.05) is 6.54 Å². The van der Waals surface area contributed by atoms with Crippen LogP contribution in [0.5, 0.6) is 0 Å². The zero-order chi connectivity index (χ0) is 16.8. The summed E-state index contributed by atoms with van der Waals surface area (Å²) in [6, 6.07) is 8.18. The number of benzene rings is 1. The Balaban J connectivity index is 1.75. The van der Waals surface area contributed by atoms with E-state index < -0.39 is 29.9 Å². The topological polar surface area (TPSA) is 113 Å². The van der Waals surface area contributed by atoms with Crippen LogP contribution in [0.15, 0.2) is 42.5 Å². The normalized spacial score (nSPS) is 16.8. The zero-order valence-corrected chi connectivity index (χ0v) is 12.0. The summed E-state index contributed by atoms with van der Waals surface area (Å²) in [7, 11) is 0. The van der Waals surface area contributed by atoms with Crippen LogP contribution in [-0.4, -0.2) is 46.5 Å². The first-order valence-corrected chi connectivity index (χ1v) is 6.71. The molecule has 3 amide bonds. The maximum absolute atomic E-state index is 11.7. The molecule has 1 saturated heterocycles. The lowest BCUT2D eigenvalue weighted by atomic mass is 10.1. The van der Waals surface area contributed by atoms with Gasteiger partial charge in [0.1, 0.15) is 12.6 Å². The molecule has 1 aliphatic rings. The molecule has 0 radical (unpaired) electrons. The average Bonchev–Trinajstić information content (AvgIpc) is 2.54. The van der Waals surface area contributed by atoms with Crippen molar-refractivity contribution >= 4 is 23.9 Å². The van der Waals surface area contributed by atoms with Crippen molar-refractivity contribution in [1.29, 1.82) is 0 Å². The predicted octanol–water partition coefficient (Wildman–Crippen LogP) is 0.291. The third kappa shape index (κ3) is 4.40. The number of likely N-dealkylation sites (tertiary alicyclic amines) is 1. The van der Waals surface area contributed by atoms with Gasteiger partial charge in [0, 0.05) is 12.2 Å². The fourth-order valence-electron chi connectivity index (χ4n) is 1.87. The molecule has 8 heteroatoms. The smallest absolute Gasteiger partial charge is 0.408 e. The third-order valence-corrected chi connectivity index (χ3v) is 3.07. The van der Waals surface area contributed by atoms with Gasteiger partial charge < -0.3 is 15.2 Å². The number of aliphatic carboxylic acids is 1. The Morgan fingerprint density at radius 3 is 2.57 bits per heavy atom. The van der Waals surface area contributed by atoms with Crippen molar-refractivity contribution in [2.45, 2.75) is 12.6 Å². The standard InChI is InChI=1S/C15H14N2O6/c18-12(6-7-13(19)20)17-8-11(14(17)21)16-15(22)23-9-10-4-2-1-3-5-10/h1-7,11H,8-9H2,(H,16,22)(H,19,20). The molecule has 2 N–H and O–H groups in total. The number of carboxylic acids is 1. The van der Waals surface area contributed by atoms with E-state index in [4.69, 9.17) is 9.84 Å². The van der Waals surface area contributed by atoms with Crippen LogP contribution >= 0.6 is 0 Å². The first kappa shape index (κ1) is 16.2. The molecule has 8 nitrogen and oxygen atoms in total. The lowest BCUT2D eigenvalue weighted by Gasteiger charge is -2.35. The monoisotopic (exact) mass is 318 g/mol. The molecule has 23 heavy (non-hydrogen) atoms. The van der Waals surface area contributed by atoms with E-state index in [-0.39, 0.29) is 13.2 Å². The van der Waals surface area contributed by atoms with Crippen LogP contribution in [-0.2, 0) is 25.7 Å². The number of carbonyl (C=O) groups excluding carboxylic acids is 3. The lowest BCUT2D eigenvalue weighted by molar-refractivity contribution is -0.153. The summed E-state index contributed by atoms with van der Waals surface area (Å²) in [5.74, 6) is -2.64. The Morgan fingerprint density at radius 1 is 1.26 bits per heavy atom. The number of hydrogen-bond donors (Lipinski definition) is 2. The van der Waals surface area contributed by atoms with E-state index in [0.717, 1.165) is 16.5 Å². The van der Waals surface area contributed by atoms with Crippen molar-refractivity contribution in [3.8, 4) is 0 Å². The van der Waals surface area contributed by atoms with Gasteiger partial charge in [-0.25, -0.2) is 9.59 Å². The van der Waals surface area contributed by atoms with Gasteiger partial charge in [0.2, 0.25) is 0 Å². The van der Waals surface area contributed by atoms with Crippen molar-refractivity contribution < 1.29 is 29.0 Å². The summed E-state index contributed by atoms with van der Waals surface area (Å²) in [4.78, 5) is 45.9. The second-order valence-corrected chi connectivity index (χ2v) is 4.72. The van der Waals surface area contributed by atoms with Gasteiger partial charge >= 0.3 is 12.1 Å². The van der Waals surface area contributed by atoms with Crippen LogP contribution in [0.3, 0.4) is 0 Å². The minimum Gasteiger partial charge on any atom is -0.478 e. The van der Waals surface area contributed by atoms with Gasteiger partial charge in [-0.15, -0.1) is 0 Å². The summed E-state index contributed by atoms with van der Waals surface area (Å²) in [6.45, 7) is 0.0413. The van der Waals surface area contributed by atoms with E-state index in [1.54, 1.807) is 24.3 Å². The maximum Gasteiger partial charge on any atom is 0.408 e. The van der Waals surface area contributed by atoms with Gasteiger partial charge in [0.25, 0.3) is 11.8 Å². The molecule has 1 aromatic rings. The fraction of sp³-hybridized carbons (Fsp3) is 0.200. The molecule has 1 atom stereocenters. The summed E-state index contributed by atoms with van der Waals surface area (Å²) in [5.41, 5.74) is 0.804. The number of ether oxygens (including phenoxy) is 1. The van der Waals surface area contributed by atoms with E-state index in [1.165, 1.54) is 0 Å². The molecule has 0 aliphatic carbocycles. The summed E-state index contributed by atoms with van der Waals surface area (Å²) in [6.07, 6.45) is 0.662. The molecule has 2 rings (SSSR count). The van der Waals surface area contributed by atoms with Crippen LogP contribution in [0.25, 0.3) is 0 Å². The number of imide groups is 1. The van der Waals surface area contributed by atoms with Crippen LogP contribution in [0, 0.1) is 0 Å². The average molecular weight is 318 g/mol. The Morgan fingerprint density at radius 2 is 1.96 bits per heavy atom. The molecule has 0 bridgehead atoms. The van der Waals surface area contributed by atoms with E-state index >= 15 is 0 Å². The fourth-order valence-corrected chi connectivity index (χ4v) is 1.87. The van der Waals surface area contributed by atoms with Gasteiger partial charge in [0.15, 0.2) is 0 Å². The quantitative estimate of drug-likeness (QED) is 0.596. The number of nitrogens with zero attached hydrogens (tertiary/aromatic N) is 1. The summed E-state index contributed by atoms with van der Waals surface area (Å²) >= 11 is 0. The highest BCUT2D eigenvalue weighted by atomic mass is 16.5. The van der Waals surface area contributed by atoms with Crippen molar-refractivity contribution in [3.63, 3.8) is 0 Å². The number of carboxylic acid groups (broad SMARTS) is 1. The molecule has 0 aromatic heterocycles. The Hall–Kier alpha value is -3.16. The first-order valence-electron chi connectivity index (χ1n) is 6.71. The number of β-lactam (4-membered cyclic amide) rings is 1. The van der Waals surface area contributed by atoms with Gasteiger partial charge in [-0.05, 0) is 5.56 Å². The molecule has 1 heterocycles. The Bertz CT molecular complexity index is 655. The van der Waals surface area contributed by atoms with Crippen LogP contribution in [0.4, 0.5) is 4.79 Å². The highest BCUT2D eigenvalue weighted by molar-refractivity contribution is 6.08. The van der Waals surface area contributed by atoms with Crippen molar-refractivity contribution in [2.24, 2.45) is 0 Å². The highest BCUT2D eigenvalue weighted by Crippen LogP contribution is 2.11. The van der Waals surface area contributed by atoms with Crippen molar-refractivity contribution in [1.82, 2.24) is 10.2 Å². The number of alkyl carbamates (subject to hydrolysis) is 1. The number of carbonyl (C=O) groups is 4. The Labute approximate surface area is 131 Å². The lowest BCUT2D eigenvalue weighted by Crippen LogP contribution is -2.65. The van der Waals surface area contributed by atoms with Gasteiger partial charge in [-0.2, -0.15) is 0 Å². The van der Waals surface area contributed by atoms with Gasteiger partial charge in [-0.1, -0.05) is 30.3 Å². The Kier molecular flexibility index (Phi) is 5.08. The summed E-state index contributed by atoms with van der Waals surface area (Å²) in [5, 5.41) is 10.7. The van der Waals surface area contributed by atoms with Crippen LogP contribution in [0.1, 0.15) is 5.56 Å². The molecule has 1 aliphatic heterocycles. The molecule has 1 aromatic carbocycles. The molecular weight excluding hydrogens is 304 g/mol. The third-order valence-electron chi connectivity index (χ3n) is 3.07. The van der Waals surface area contributed by atoms with Gasteiger partial charge in [0.05, 0.1) is 6.54 Å². The van der Waals surface area contributed by atoms with Crippen LogP contribution < -0.4 is 5.32 Å². The van der Waals surface area contributed by atoms with E-state index in [9.17, 15) is 19.2 Å². The minimum absolute atomic E-state index is 0.0257. The first-order chi connectivity index (χ1) is 11.0. The molecule has 0 spiro atoms.